The number of sulfonamides is 1. The fraction of sp³-hybridized carbons (Fsp3) is 0.692. The topological polar surface area (TPSA) is 49.4 Å². The molecule has 1 aromatic heterocycles. The van der Waals surface area contributed by atoms with Crippen molar-refractivity contribution < 1.29 is 8.42 Å². The van der Waals surface area contributed by atoms with Crippen molar-refractivity contribution in [2.24, 2.45) is 0 Å². The molecule has 0 aromatic carbocycles. The van der Waals surface area contributed by atoms with Gasteiger partial charge in [-0.3, -0.25) is 0 Å². The second kappa shape index (κ2) is 5.52. The van der Waals surface area contributed by atoms with E-state index in [-0.39, 0.29) is 0 Å². The summed E-state index contributed by atoms with van der Waals surface area (Å²) in [4.78, 5) is 1.16. The molecule has 0 amide bonds. The van der Waals surface area contributed by atoms with Crippen molar-refractivity contribution in [1.29, 1.82) is 0 Å². The van der Waals surface area contributed by atoms with Gasteiger partial charge in [0.15, 0.2) is 0 Å². The monoisotopic (exact) mass is 300 g/mol. The standard InChI is InChI=1S/C13H20N2O2S2/c16-19(17,15-9-1-2-10-15)13-6-5-12(18-13)7-8-14-11-3-4-11/h5-6,11,14H,1-4,7-10H2. The van der Waals surface area contributed by atoms with Gasteiger partial charge in [-0.25, -0.2) is 8.42 Å². The number of rotatable bonds is 6. The van der Waals surface area contributed by atoms with E-state index in [4.69, 9.17) is 0 Å². The molecule has 1 aliphatic carbocycles. The van der Waals surface area contributed by atoms with Crippen LogP contribution in [0.3, 0.4) is 0 Å². The second-order valence-corrected chi connectivity index (χ2v) is 8.64. The van der Waals surface area contributed by atoms with E-state index in [1.54, 1.807) is 10.4 Å². The SMILES string of the molecule is O=S(=O)(c1ccc(CCNC2CC2)s1)N1CCCC1. The van der Waals surface area contributed by atoms with Crippen LogP contribution in [0.2, 0.25) is 0 Å². The van der Waals surface area contributed by atoms with Crippen LogP contribution in [0.4, 0.5) is 0 Å². The first-order valence-corrected chi connectivity index (χ1v) is 9.24. The van der Waals surface area contributed by atoms with E-state index in [0.717, 1.165) is 30.7 Å². The Morgan fingerprint density at radius 1 is 1.26 bits per heavy atom. The number of nitrogens with zero attached hydrogens (tertiary/aromatic N) is 1. The summed E-state index contributed by atoms with van der Waals surface area (Å²) in [6, 6.07) is 4.44. The van der Waals surface area contributed by atoms with Crippen LogP contribution in [-0.4, -0.2) is 38.4 Å². The van der Waals surface area contributed by atoms with Crippen molar-refractivity contribution in [1.82, 2.24) is 9.62 Å². The van der Waals surface area contributed by atoms with E-state index in [2.05, 4.69) is 5.32 Å². The van der Waals surface area contributed by atoms with Crippen LogP contribution >= 0.6 is 11.3 Å². The van der Waals surface area contributed by atoms with Crippen LogP contribution in [0.15, 0.2) is 16.3 Å². The molecule has 1 saturated carbocycles. The van der Waals surface area contributed by atoms with E-state index >= 15 is 0 Å². The van der Waals surface area contributed by atoms with Gasteiger partial charge in [-0.15, -0.1) is 11.3 Å². The number of thiophene rings is 1. The number of hydrogen-bond acceptors (Lipinski definition) is 4. The number of hydrogen-bond donors (Lipinski definition) is 1. The lowest BCUT2D eigenvalue weighted by atomic mass is 10.3. The molecule has 1 aliphatic heterocycles. The third-order valence-corrected chi connectivity index (χ3v) is 7.19. The van der Waals surface area contributed by atoms with E-state index in [0.29, 0.717) is 23.3 Å². The fourth-order valence-electron chi connectivity index (χ4n) is 2.37. The molecule has 0 bridgehead atoms. The van der Waals surface area contributed by atoms with Gasteiger partial charge in [0.2, 0.25) is 0 Å². The van der Waals surface area contributed by atoms with Crippen molar-refractivity contribution in [3.63, 3.8) is 0 Å². The maximum Gasteiger partial charge on any atom is 0.252 e. The molecular weight excluding hydrogens is 280 g/mol. The fourth-order valence-corrected chi connectivity index (χ4v) is 5.40. The summed E-state index contributed by atoms with van der Waals surface area (Å²) in [5.41, 5.74) is 0. The zero-order chi connectivity index (χ0) is 13.3. The van der Waals surface area contributed by atoms with E-state index in [9.17, 15) is 8.42 Å². The Morgan fingerprint density at radius 3 is 2.68 bits per heavy atom. The Labute approximate surface area is 118 Å². The molecular formula is C13H20N2O2S2. The third kappa shape index (κ3) is 3.18. The van der Waals surface area contributed by atoms with Crippen molar-refractivity contribution >= 4 is 21.4 Å². The molecule has 4 nitrogen and oxygen atoms in total. The van der Waals surface area contributed by atoms with Gasteiger partial charge in [-0.1, -0.05) is 0 Å². The number of nitrogens with one attached hydrogen (secondary N) is 1. The molecule has 0 spiro atoms. The van der Waals surface area contributed by atoms with Crippen LogP contribution in [0.1, 0.15) is 30.6 Å². The Bertz CT molecular complexity index is 529. The summed E-state index contributed by atoms with van der Waals surface area (Å²) in [5.74, 6) is 0. The summed E-state index contributed by atoms with van der Waals surface area (Å²) in [6.45, 7) is 2.31. The minimum Gasteiger partial charge on any atom is -0.314 e. The van der Waals surface area contributed by atoms with Gasteiger partial charge in [-0.2, -0.15) is 4.31 Å². The van der Waals surface area contributed by atoms with Gasteiger partial charge in [0, 0.05) is 30.6 Å². The molecule has 2 heterocycles. The second-order valence-electron chi connectivity index (χ2n) is 5.31. The highest BCUT2D eigenvalue weighted by Gasteiger charge is 2.28. The molecule has 0 unspecified atom stereocenters. The lowest BCUT2D eigenvalue weighted by Gasteiger charge is -2.13. The molecule has 6 heteroatoms. The maximum absolute atomic E-state index is 12.4. The lowest BCUT2D eigenvalue weighted by molar-refractivity contribution is 0.479. The Balaban J connectivity index is 1.62. The average Bonchev–Trinajstić information content (AvgIpc) is 2.89. The van der Waals surface area contributed by atoms with Crippen LogP contribution < -0.4 is 5.32 Å². The molecule has 19 heavy (non-hydrogen) atoms. The molecule has 106 valence electrons. The first-order chi connectivity index (χ1) is 9.16. The normalized spacial score (nSPS) is 21.1. The molecule has 1 N–H and O–H groups in total. The van der Waals surface area contributed by atoms with Gasteiger partial charge in [0.05, 0.1) is 0 Å². The smallest absolute Gasteiger partial charge is 0.252 e. The highest BCUT2D eigenvalue weighted by Crippen LogP contribution is 2.27. The third-order valence-electron chi connectivity index (χ3n) is 3.68. The van der Waals surface area contributed by atoms with Crippen LogP contribution in [0, 0.1) is 0 Å². The van der Waals surface area contributed by atoms with E-state index in [1.807, 2.05) is 6.07 Å². The highest BCUT2D eigenvalue weighted by molar-refractivity contribution is 7.91. The van der Waals surface area contributed by atoms with Crippen LogP contribution in [0.5, 0.6) is 0 Å². The Hall–Kier alpha value is -0.430. The van der Waals surface area contributed by atoms with Gasteiger partial charge in [-0.05, 0) is 44.2 Å². The van der Waals surface area contributed by atoms with Crippen molar-refractivity contribution in [2.75, 3.05) is 19.6 Å². The van der Waals surface area contributed by atoms with Gasteiger partial charge < -0.3 is 5.32 Å². The lowest BCUT2D eigenvalue weighted by Crippen LogP contribution is -2.27. The summed E-state index contributed by atoms with van der Waals surface area (Å²) in [6.07, 6.45) is 5.49. The molecule has 2 fully saturated rings. The zero-order valence-corrected chi connectivity index (χ0v) is 12.6. The van der Waals surface area contributed by atoms with Crippen LogP contribution in [0.25, 0.3) is 0 Å². The Morgan fingerprint density at radius 2 is 2.00 bits per heavy atom. The van der Waals surface area contributed by atoms with Crippen LogP contribution in [-0.2, 0) is 16.4 Å². The largest absolute Gasteiger partial charge is 0.314 e. The first kappa shape index (κ1) is 13.5. The maximum atomic E-state index is 12.4. The molecule has 3 rings (SSSR count). The minimum absolute atomic E-state index is 0.510. The minimum atomic E-state index is -3.22. The van der Waals surface area contributed by atoms with E-state index in [1.165, 1.54) is 24.2 Å². The van der Waals surface area contributed by atoms with Gasteiger partial charge in [0.25, 0.3) is 10.0 Å². The zero-order valence-electron chi connectivity index (χ0n) is 11.0. The van der Waals surface area contributed by atoms with Gasteiger partial charge in [0.1, 0.15) is 4.21 Å². The summed E-state index contributed by atoms with van der Waals surface area (Å²) in [5, 5.41) is 3.45. The molecule has 1 saturated heterocycles. The molecule has 1 aromatic rings. The van der Waals surface area contributed by atoms with Crippen molar-refractivity contribution in [2.45, 2.75) is 42.4 Å². The van der Waals surface area contributed by atoms with E-state index < -0.39 is 10.0 Å². The summed E-state index contributed by atoms with van der Waals surface area (Å²) >= 11 is 1.43. The molecule has 2 aliphatic rings. The molecule has 0 radical (unpaired) electrons. The van der Waals surface area contributed by atoms with Crippen molar-refractivity contribution in [3.8, 4) is 0 Å². The first-order valence-electron chi connectivity index (χ1n) is 6.98. The molecule has 0 atom stereocenters. The predicted molar refractivity (Wildman–Crippen MR) is 77.0 cm³/mol. The quantitative estimate of drug-likeness (QED) is 0.872. The van der Waals surface area contributed by atoms with Crippen molar-refractivity contribution in [3.05, 3.63) is 17.0 Å². The summed E-state index contributed by atoms with van der Waals surface area (Å²) < 4.78 is 26.8. The average molecular weight is 300 g/mol. The predicted octanol–water partition coefficient (Wildman–Crippen LogP) is 1.83. The highest BCUT2D eigenvalue weighted by atomic mass is 32.2. The summed E-state index contributed by atoms with van der Waals surface area (Å²) in [7, 11) is -3.22. The Kier molecular flexibility index (Phi) is 3.93. The van der Waals surface area contributed by atoms with Gasteiger partial charge >= 0.3 is 0 Å².